The van der Waals surface area contributed by atoms with Crippen LogP contribution in [-0.2, 0) is 17.9 Å². The number of benzene rings is 2. The van der Waals surface area contributed by atoms with Crippen molar-refractivity contribution in [2.24, 2.45) is 0 Å². The van der Waals surface area contributed by atoms with Crippen molar-refractivity contribution in [2.45, 2.75) is 26.9 Å². The lowest BCUT2D eigenvalue weighted by molar-refractivity contribution is -0.132. The van der Waals surface area contributed by atoms with Gasteiger partial charge in [0.1, 0.15) is 6.54 Å². The minimum atomic E-state index is -0.454. The molecule has 0 saturated carbocycles. The highest BCUT2D eigenvalue weighted by atomic mass is 19.1. The van der Waals surface area contributed by atoms with Crippen molar-refractivity contribution >= 4 is 5.91 Å². The molecule has 1 amide bonds. The smallest absolute Gasteiger partial charge is 0.246 e. The molecule has 0 aliphatic heterocycles. The van der Waals surface area contributed by atoms with E-state index in [1.807, 2.05) is 38.1 Å². The van der Waals surface area contributed by atoms with Gasteiger partial charge in [-0.15, -0.1) is 10.2 Å². The molecular formula is C20H22FN5O2. The maximum absolute atomic E-state index is 13.9. The highest BCUT2D eigenvalue weighted by Crippen LogP contribution is 2.19. The lowest BCUT2D eigenvalue weighted by atomic mass is 10.1. The number of carbonyl (C=O) groups excluding carboxylic acids is 1. The molecule has 8 heteroatoms. The number of hydrogen-bond donors (Lipinski definition) is 0. The number of aromatic nitrogens is 4. The second-order valence-corrected chi connectivity index (χ2v) is 6.39. The molecule has 0 aliphatic carbocycles. The fourth-order valence-electron chi connectivity index (χ4n) is 2.75. The van der Waals surface area contributed by atoms with Crippen LogP contribution in [0.2, 0.25) is 0 Å². The summed E-state index contributed by atoms with van der Waals surface area (Å²) in [5, 5.41) is 12.3. The predicted octanol–water partition coefficient (Wildman–Crippen LogP) is 2.84. The Morgan fingerprint density at radius 2 is 1.96 bits per heavy atom. The van der Waals surface area contributed by atoms with Crippen LogP contribution >= 0.6 is 0 Å². The van der Waals surface area contributed by atoms with E-state index < -0.39 is 5.82 Å². The van der Waals surface area contributed by atoms with E-state index in [9.17, 15) is 9.18 Å². The summed E-state index contributed by atoms with van der Waals surface area (Å²) in [6.07, 6.45) is 0. The van der Waals surface area contributed by atoms with Crippen LogP contribution in [0.25, 0.3) is 11.4 Å². The summed E-state index contributed by atoms with van der Waals surface area (Å²) in [4.78, 5) is 15.5. The average molecular weight is 383 g/mol. The highest BCUT2D eigenvalue weighted by Gasteiger charge is 2.16. The van der Waals surface area contributed by atoms with Crippen molar-refractivity contribution < 1.29 is 13.9 Å². The summed E-state index contributed by atoms with van der Waals surface area (Å²) in [6, 6.07) is 12.4. The molecular weight excluding hydrogens is 361 g/mol. The number of methoxy groups -OCH3 is 1. The van der Waals surface area contributed by atoms with Gasteiger partial charge in [0.15, 0.2) is 11.6 Å². The van der Waals surface area contributed by atoms with Gasteiger partial charge in [0.2, 0.25) is 11.7 Å². The zero-order valence-electron chi connectivity index (χ0n) is 16.1. The highest BCUT2D eigenvalue weighted by molar-refractivity contribution is 5.75. The molecule has 2 aromatic carbocycles. The summed E-state index contributed by atoms with van der Waals surface area (Å²) in [5.74, 6) is 0.0115. The Morgan fingerprint density at radius 1 is 1.21 bits per heavy atom. The van der Waals surface area contributed by atoms with Gasteiger partial charge >= 0.3 is 0 Å². The van der Waals surface area contributed by atoms with E-state index in [4.69, 9.17) is 4.74 Å². The fourth-order valence-corrected chi connectivity index (χ4v) is 2.75. The molecule has 0 fully saturated rings. The number of carbonyl (C=O) groups is 1. The number of ether oxygens (including phenoxy) is 1. The Kier molecular flexibility index (Phi) is 5.98. The Morgan fingerprint density at radius 3 is 2.61 bits per heavy atom. The predicted molar refractivity (Wildman–Crippen MR) is 102 cm³/mol. The van der Waals surface area contributed by atoms with Gasteiger partial charge in [0.05, 0.1) is 7.11 Å². The number of halogens is 1. The van der Waals surface area contributed by atoms with E-state index in [1.54, 1.807) is 17.0 Å². The van der Waals surface area contributed by atoms with Crippen molar-refractivity contribution in [3.05, 3.63) is 59.4 Å². The lowest BCUT2D eigenvalue weighted by Crippen LogP contribution is -2.33. The van der Waals surface area contributed by atoms with E-state index in [-0.39, 0.29) is 24.7 Å². The van der Waals surface area contributed by atoms with Crippen molar-refractivity contribution in [3.8, 4) is 17.1 Å². The number of likely N-dealkylation sites (N-methyl/N-ethyl adjacent to an activating group) is 1. The first kappa shape index (κ1) is 19.5. The molecule has 146 valence electrons. The number of tetrazole rings is 1. The third kappa shape index (κ3) is 4.51. The molecule has 0 aliphatic rings. The van der Waals surface area contributed by atoms with Crippen LogP contribution in [0, 0.1) is 12.7 Å². The van der Waals surface area contributed by atoms with E-state index >= 15 is 0 Å². The molecule has 0 atom stereocenters. The van der Waals surface area contributed by atoms with Crippen LogP contribution in [0.15, 0.2) is 42.5 Å². The third-order valence-corrected chi connectivity index (χ3v) is 4.36. The Bertz CT molecular complexity index is 955. The number of aryl methyl sites for hydroxylation is 1. The van der Waals surface area contributed by atoms with Gasteiger partial charge in [-0.3, -0.25) is 4.79 Å². The van der Waals surface area contributed by atoms with E-state index in [0.29, 0.717) is 17.9 Å². The molecule has 7 nitrogen and oxygen atoms in total. The summed E-state index contributed by atoms with van der Waals surface area (Å²) >= 11 is 0. The van der Waals surface area contributed by atoms with Crippen molar-refractivity contribution in [1.29, 1.82) is 0 Å². The normalized spacial score (nSPS) is 10.7. The molecule has 0 N–H and O–H groups in total. The summed E-state index contributed by atoms with van der Waals surface area (Å²) < 4.78 is 18.8. The molecule has 28 heavy (non-hydrogen) atoms. The minimum absolute atomic E-state index is 0.0364. The van der Waals surface area contributed by atoms with Gasteiger partial charge in [-0.2, -0.15) is 4.80 Å². The first-order valence-corrected chi connectivity index (χ1v) is 8.95. The molecule has 1 heterocycles. The average Bonchev–Trinajstić information content (AvgIpc) is 3.15. The van der Waals surface area contributed by atoms with Gasteiger partial charge < -0.3 is 9.64 Å². The Balaban J connectivity index is 1.67. The zero-order valence-corrected chi connectivity index (χ0v) is 16.1. The van der Waals surface area contributed by atoms with E-state index in [2.05, 4.69) is 15.4 Å². The van der Waals surface area contributed by atoms with Crippen LogP contribution in [0.5, 0.6) is 5.75 Å². The third-order valence-electron chi connectivity index (χ3n) is 4.36. The molecule has 3 aromatic rings. The van der Waals surface area contributed by atoms with Crippen LogP contribution in [0.3, 0.4) is 0 Å². The number of nitrogens with zero attached hydrogens (tertiary/aromatic N) is 5. The largest absolute Gasteiger partial charge is 0.494 e. The molecule has 1 aromatic heterocycles. The maximum atomic E-state index is 13.9. The van der Waals surface area contributed by atoms with Gasteiger partial charge in [-0.25, -0.2) is 4.39 Å². The Labute approximate surface area is 162 Å². The van der Waals surface area contributed by atoms with Crippen molar-refractivity contribution in [1.82, 2.24) is 25.1 Å². The van der Waals surface area contributed by atoms with E-state index in [1.165, 1.54) is 18.0 Å². The molecule has 3 rings (SSSR count). The number of hydrogen-bond acceptors (Lipinski definition) is 5. The monoisotopic (exact) mass is 383 g/mol. The maximum Gasteiger partial charge on any atom is 0.246 e. The molecule has 0 bridgehead atoms. The number of rotatable bonds is 7. The van der Waals surface area contributed by atoms with Gasteiger partial charge in [-0.1, -0.05) is 35.9 Å². The fraction of sp³-hybridized carbons (Fsp3) is 0.300. The second kappa shape index (κ2) is 8.60. The SMILES string of the molecule is CCN(Cc1ccc(OC)c(F)c1)C(=O)Cn1nnc(-c2ccc(C)cc2)n1. The molecule has 0 saturated heterocycles. The lowest BCUT2D eigenvalue weighted by Gasteiger charge is -2.20. The van der Waals surface area contributed by atoms with Gasteiger partial charge in [0.25, 0.3) is 0 Å². The van der Waals surface area contributed by atoms with Gasteiger partial charge in [0, 0.05) is 18.7 Å². The zero-order chi connectivity index (χ0) is 20.1. The van der Waals surface area contributed by atoms with Gasteiger partial charge in [-0.05, 0) is 36.8 Å². The van der Waals surface area contributed by atoms with Crippen LogP contribution in [0.4, 0.5) is 4.39 Å². The van der Waals surface area contributed by atoms with Crippen LogP contribution < -0.4 is 4.74 Å². The topological polar surface area (TPSA) is 73.1 Å². The van der Waals surface area contributed by atoms with Crippen molar-refractivity contribution in [2.75, 3.05) is 13.7 Å². The first-order chi connectivity index (χ1) is 13.5. The molecule has 0 spiro atoms. The van der Waals surface area contributed by atoms with Crippen LogP contribution in [0.1, 0.15) is 18.1 Å². The summed E-state index contributed by atoms with van der Waals surface area (Å²) in [6.45, 7) is 4.60. The standard InChI is InChI=1S/C20H22FN5O2/c1-4-25(12-15-7-10-18(28-3)17(21)11-15)19(27)13-26-23-20(22-24-26)16-8-5-14(2)6-9-16/h5-11H,4,12-13H2,1-3H3. The molecule has 0 radical (unpaired) electrons. The van der Waals surface area contributed by atoms with Crippen molar-refractivity contribution in [3.63, 3.8) is 0 Å². The first-order valence-electron chi connectivity index (χ1n) is 8.95. The molecule has 0 unspecified atom stereocenters. The second-order valence-electron chi connectivity index (χ2n) is 6.39. The summed E-state index contributed by atoms with van der Waals surface area (Å²) in [7, 11) is 1.41. The summed E-state index contributed by atoms with van der Waals surface area (Å²) in [5.41, 5.74) is 2.66. The number of amides is 1. The van der Waals surface area contributed by atoms with Crippen LogP contribution in [-0.4, -0.2) is 44.7 Å². The Hall–Kier alpha value is -3.29. The minimum Gasteiger partial charge on any atom is -0.494 e. The quantitative estimate of drug-likeness (QED) is 0.627. The van der Waals surface area contributed by atoms with E-state index in [0.717, 1.165) is 11.1 Å².